The second kappa shape index (κ2) is 6.58. The van der Waals surface area contributed by atoms with Crippen LogP contribution in [0, 0.1) is 6.92 Å². The van der Waals surface area contributed by atoms with Crippen LogP contribution in [0.3, 0.4) is 0 Å². The number of anilines is 1. The van der Waals surface area contributed by atoms with Gasteiger partial charge in [-0.15, -0.1) is 0 Å². The van der Waals surface area contributed by atoms with Gasteiger partial charge < -0.3 is 21.1 Å². The normalized spacial score (nSPS) is 25.9. The predicted molar refractivity (Wildman–Crippen MR) is 102 cm³/mol. The van der Waals surface area contributed by atoms with E-state index in [9.17, 15) is 9.59 Å². The SMILES string of the molecule is COC1C(Nc2cc(C)c3n(c2=O)C2(CCCCC2)NC3=O)=NC=NC1N. The van der Waals surface area contributed by atoms with Gasteiger partial charge in [0, 0.05) is 7.11 Å². The van der Waals surface area contributed by atoms with Crippen molar-refractivity contribution in [2.45, 2.75) is 57.0 Å². The number of carbonyl (C=O) groups excluding carboxylic acids is 1. The van der Waals surface area contributed by atoms with Crippen LogP contribution in [0.1, 0.15) is 48.2 Å². The van der Waals surface area contributed by atoms with Crippen molar-refractivity contribution < 1.29 is 9.53 Å². The molecular formula is C18H24N6O3. The molecule has 2 atom stereocenters. The summed E-state index contributed by atoms with van der Waals surface area (Å²) >= 11 is 0. The lowest BCUT2D eigenvalue weighted by Crippen LogP contribution is -2.50. The summed E-state index contributed by atoms with van der Waals surface area (Å²) in [5, 5.41) is 6.14. The van der Waals surface area contributed by atoms with Crippen molar-refractivity contribution in [1.82, 2.24) is 9.88 Å². The number of nitrogens with zero attached hydrogens (tertiary/aromatic N) is 3. The van der Waals surface area contributed by atoms with Crippen molar-refractivity contribution in [3.05, 3.63) is 27.7 Å². The second-order valence-corrected chi connectivity index (χ2v) is 7.33. The number of methoxy groups -OCH3 is 1. The van der Waals surface area contributed by atoms with Gasteiger partial charge in [0.25, 0.3) is 11.5 Å². The zero-order valence-electron chi connectivity index (χ0n) is 15.5. The molecule has 4 rings (SSSR count). The van der Waals surface area contributed by atoms with E-state index in [1.165, 1.54) is 13.4 Å². The molecule has 0 radical (unpaired) electrons. The minimum atomic E-state index is -0.628. The van der Waals surface area contributed by atoms with Gasteiger partial charge in [-0.25, -0.2) is 4.99 Å². The fraction of sp³-hybridized carbons (Fsp3) is 0.556. The molecule has 1 saturated carbocycles. The van der Waals surface area contributed by atoms with Gasteiger partial charge in [0.1, 0.15) is 41.5 Å². The van der Waals surface area contributed by atoms with Crippen LogP contribution < -0.4 is 21.9 Å². The van der Waals surface area contributed by atoms with Crippen LogP contribution in [0.25, 0.3) is 0 Å². The minimum Gasteiger partial charge on any atom is -0.370 e. The highest BCUT2D eigenvalue weighted by Gasteiger charge is 2.45. The molecule has 2 unspecified atom stereocenters. The van der Waals surface area contributed by atoms with Crippen molar-refractivity contribution >= 4 is 23.8 Å². The molecule has 3 heterocycles. The molecule has 1 aromatic rings. The molecule has 27 heavy (non-hydrogen) atoms. The van der Waals surface area contributed by atoms with Crippen LogP contribution in [-0.2, 0) is 10.4 Å². The summed E-state index contributed by atoms with van der Waals surface area (Å²) in [6, 6.07) is 1.68. The zero-order valence-corrected chi connectivity index (χ0v) is 15.5. The molecule has 2 aliphatic heterocycles. The van der Waals surface area contributed by atoms with Gasteiger partial charge in [-0.05, 0) is 44.2 Å². The summed E-state index contributed by atoms with van der Waals surface area (Å²) in [5.41, 5.74) is 6.59. The fourth-order valence-electron chi connectivity index (χ4n) is 4.31. The van der Waals surface area contributed by atoms with Crippen LogP contribution in [0.15, 0.2) is 20.8 Å². The van der Waals surface area contributed by atoms with Crippen LogP contribution in [0.4, 0.5) is 5.69 Å². The van der Waals surface area contributed by atoms with Crippen molar-refractivity contribution in [3.63, 3.8) is 0 Å². The average Bonchev–Trinajstić information content (AvgIpc) is 2.92. The fourth-order valence-corrected chi connectivity index (χ4v) is 4.31. The number of hydrogen-bond donors (Lipinski definition) is 3. The Kier molecular flexibility index (Phi) is 4.35. The van der Waals surface area contributed by atoms with E-state index in [2.05, 4.69) is 20.6 Å². The van der Waals surface area contributed by atoms with Gasteiger partial charge >= 0.3 is 0 Å². The first kappa shape index (κ1) is 17.9. The van der Waals surface area contributed by atoms with E-state index < -0.39 is 17.9 Å². The first-order valence-corrected chi connectivity index (χ1v) is 9.21. The number of pyridine rings is 1. The van der Waals surface area contributed by atoms with Crippen LogP contribution in [-0.4, -0.2) is 42.0 Å². The maximum absolute atomic E-state index is 13.3. The minimum absolute atomic E-state index is 0.183. The third kappa shape index (κ3) is 2.78. The van der Waals surface area contributed by atoms with E-state index in [-0.39, 0.29) is 11.5 Å². The Bertz CT molecular complexity index is 897. The highest BCUT2D eigenvalue weighted by Crippen LogP contribution is 2.37. The molecular weight excluding hydrogens is 348 g/mol. The first-order chi connectivity index (χ1) is 13.0. The molecule has 1 fully saturated rings. The monoisotopic (exact) mass is 372 g/mol. The highest BCUT2D eigenvalue weighted by atomic mass is 16.5. The largest absolute Gasteiger partial charge is 0.370 e. The molecule has 0 bridgehead atoms. The second-order valence-electron chi connectivity index (χ2n) is 7.33. The number of nitrogens with one attached hydrogen (secondary N) is 2. The molecule has 1 aromatic heterocycles. The van der Waals surface area contributed by atoms with Gasteiger partial charge in [0.15, 0.2) is 0 Å². The molecule has 9 nitrogen and oxygen atoms in total. The summed E-state index contributed by atoms with van der Waals surface area (Å²) in [6.45, 7) is 1.83. The van der Waals surface area contributed by atoms with Crippen LogP contribution >= 0.6 is 0 Å². The lowest BCUT2D eigenvalue weighted by molar-refractivity contribution is 0.0876. The Morgan fingerprint density at radius 3 is 2.78 bits per heavy atom. The van der Waals surface area contributed by atoms with Crippen LogP contribution in [0.5, 0.6) is 0 Å². The predicted octanol–water partition coefficient (Wildman–Crippen LogP) is 0.669. The van der Waals surface area contributed by atoms with E-state index in [0.717, 1.165) is 37.7 Å². The quantitative estimate of drug-likeness (QED) is 0.704. The molecule has 1 amide bonds. The zero-order chi connectivity index (χ0) is 19.2. The number of nitrogens with two attached hydrogens (primary N) is 1. The molecule has 0 aromatic carbocycles. The number of carbonyl (C=O) groups is 1. The molecule has 144 valence electrons. The molecule has 9 heteroatoms. The number of amidine groups is 1. The Morgan fingerprint density at radius 2 is 2.07 bits per heavy atom. The summed E-state index contributed by atoms with van der Waals surface area (Å²) in [7, 11) is 1.52. The lowest BCUT2D eigenvalue weighted by Gasteiger charge is -2.35. The summed E-state index contributed by atoms with van der Waals surface area (Å²) in [5.74, 6) is 0.240. The lowest BCUT2D eigenvalue weighted by atomic mass is 9.89. The topological polar surface area (TPSA) is 123 Å². The van der Waals surface area contributed by atoms with Gasteiger partial charge in [-0.1, -0.05) is 6.42 Å². The Hall–Kier alpha value is -2.52. The standard InChI is InChI=1S/C18H24N6O3/c1-10-8-11(22-15-13(27-2)14(19)20-9-21-15)17(26)24-12(10)16(25)23-18(24)6-4-3-5-7-18/h8-9,13-14H,3-7,19H2,1-2H3,(H,23,25)(H,20,21,22). The number of aromatic nitrogens is 1. The van der Waals surface area contributed by atoms with E-state index >= 15 is 0 Å². The van der Waals surface area contributed by atoms with Gasteiger partial charge in [-0.2, -0.15) is 0 Å². The third-order valence-electron chi connectivity index (χ3n) is 5.59. The number of ether oxygens (including phenoxy) is 1. The number of amides is 1. The van der Waals surface area contributed by atoms with E-state index in [0.29, 0.717) is 17.2 Å². The third-order valence-corrected chi connectivity index (χ3v) is 5.59. The smallest absolute Gasteiger partial charge is 0.276 e. The van der Waals surface area contributed by atoms with E-state index in [1.807, 2.05) is 6.92 Å². The number of aryl methyl sites for hydroxylation is 1. The van der Waals surface area contributed by atoms with Crippen molar-refractivity contribution in [2.24, 2.45) is 15.7 Å². The molecule has 1 spiro atoms. The number of hydrogen-bond acceptors (Lipinski definition) is 7. The van der Waals surface area contributed by atoms with Crippen LogP contribution in [0.2, 0.25) is 0 Å². The maximum atomic E-state index is 13.3. The molecule has 3 aliphatic rings. The molecule has 0 saturated heterocycles. The van der Waals surface area contributed by atoms with Crippen molar-refractivity contribution in [2.75, 3.05) is 12.4 Å². The number of rotatable bonds is 2. The van der Waals surface area contributed by atoms with E-state index in [4.69, 9.17) is 10.5 Å². The first-order valence-electron chi connectivity index (χ1n) is 9.21. The molecule has 4 N–H and O–H groups in total. The number of aliphatic imine (C=N–C) groups is 2. The number of fused-ring (bicyclic) bond motifs is 2. The average molecular weight is 372 g/mol. The maximum Gasteiger partial charge on any atom is 0.276 e. The Balaban J connectivity index is 1.79. The van der Waals surface area contributed by atoms with Gasteiger partial charge in [-0.3, -0.25) is 19.1 Å². The summed E-state index contributed by atoms with van der Waals surface area (Å²) < 4.78 is 7.01. The van der Waals surface area contributed by atoms with Gasteiger partial charge in [0.2, 0.25) is 0 Å². The van der Waals surface area contributed by atoms with Gasteiger partial charge in [0.05, 0.1) is 0 Å². The Morgan fingerprint density at radius 1 is 1.33 bits per heavy atom. The van der Waals surface area contributed by atoms with Crippen molar-refractivity contribution in [3.8, 4) is 0 Å². The Labute approximate surface area is 156 Å². The summed E-state index contributed by atoms with van der Waals surface area (Å²) in [4.78, 5) is 34.1. The summed E-state index contributed by atoms with van der Waals surface area (Å²) in [6.07, 6.45) is 4.77. The highest BCUT2D eigenvalue weighted by molar-refractivity contribution is 6.04. The molecule has 1 aliphatic carbocycles. The van der Waals surface area contributed by atoms with E-state index in [1.54, 1.807) is 10.6 Å². The van der Waals surface area contributed by atoms with Crippen molar-refractivity contribution in [1.29, 1.82) is 0 Å².